The third-order valence-electron chi connectivity index (χ3n) is 4.30. The number of aryl methyl sites for hydroxylation is 2. The van der Waals surface area contributed by atoms with Crippen LogP contribution in [0.25, 0.3) is 0 Å². The Hall–Kier alpha value is -2.13. The molecule has 24 heavy (non-hydrogen) atoms. The molecule has 0 radical (unpaired) electrons. The van der Waals surface area contributed by atoms with Gasteiger partial charge in [0.2, 0.25) is 10.0 Å². The number of aromatic nitrogens is 2. The smallest absolute Gasteiger partial charge is 0.289 e. The number of furan rings is 1. The molecule has 0 saturated carbocycles. The van der Waals surface area contributed by atoms with Crippen LogP contribution in [0.15, 0.2) is 27.7 Å². The lowest BCUT2D eigenvalue weighted by Crippen LogP contribution is -2.50. The largest absolute Gasteiger partial charge is 0.459 e. The van der Waals surface area contributed by atoms with Crippen molar-refractivity contribution < 1.29 is 17.6 Å². The van der Waals surface area contributed by atoms with Gasteiger partial charge in [-0.15, -0.1) is 0 Å². The van der Waals surface area contributed by atoms with E-state index in [1.165, 1.54) is 10.6 Å². The fourth-order valence-corrected chi connectivity index (χ4v) is 4.77. The van der Waals surface area contributed by atoms with Gasteiger partial charge in [-0.2, -0.15) is 9.40 Å². The standard InChI is InChI=1S/C15H20N4O4S/c1-11-14(12(2)17(3)16-11)24(21,22)19-8-6-18(7-9-19)15(20)13-5-4-10-23-13/h4-5,10H,6-9H2,1-3H3. The summed E-state index contributed by atoms with van der Waals surface area (Å²) < 4.78 is 33.9. The van der Waals surface area contributed by atoms with Crippen molar-refractivity contribution >= 4 is 15.9 Å². The number of carbonyl (C=O) groups is 1. The van der Waals surface area contributed by atoms with E-state index < -0.39 is 10.0 Å². The molecule has 1 fully saturated rings. The van der Waals surface area contributed by atoms with Crippen molar-refractivity contribution in [2.75, 3.05) is 26.2 Å². The molecule has 1 amide bonds. The van der Waals surface area contributed by atoms with Crippen molar-refractivity contribution in [2.45, 2.75) is 18.7 Å². The Kier molecular flexibility index (Phi) is 4.22. The first-order valence-electron chi connectivity index (χ1n) is 7.65. The van der Waals surface area contributed by atoms with Gasteiger partial charge >= 0.3 is 0 Å². The van der Waals surface area contributed by atoms with Crippen LogP contribution in [0.4, 0.5) is 0 Å². The molecule has 0 aromatic carbocycles. The second kappa shape index (κ2) is 6.06. The molecule has 2 aromatic rings. The van der Waals surface area contributed by atoms with Crippen LogP contribution < -0.4 is 0 Å². The minimum Gasteiger partial charge on any atom is -0.459 e. The van der Waals surface area contributed by atoms with Gasteiger partial charge in [0.15, 0.2) is 5.76 Å². The molecule has 0 N–H and O–H groups in total. The fraction of sp³-hybridized carbons (Fsp3) is 0.467. The number of rotatable bonds is 3. The first-order chi connectivity index (χ1) is 11.3. The highest BCUT2D eigenvalue weighted by atomic mass is 32.2. The van der Waals surface area contributed by atoms with E-state index in [1.807, 2.05) is 0 Å². The predicted octanol–water partition coefficient (Wildman–Crippen LogP) is 0.777. The van der Waals surface area contributed by atoms with Crippen LogP contribution in [0.2, 0.25) is 0 Å². The highest BCUT2D eigenvalue weighted by Gasteiger charge is 2.34. The highest BCUT2D eigenvalue weighted by Crippen LogP contribution is 2.24. The van der Waals surface area contributed by atoms with Crippen molar-refractivity contribution in [3.8, 4) is 0 Å². The maximum atomic E-state index is 12.9. The average molecular weight is 352 g/mol. The maximum absolute atomic E-state index is 12.9. The lowest BCUT2D eigenvalue weighted by atomic mass is 10.3. The molecule has 0 bridgehead atoms. The Morgan fingerprint density at radius 2 is 1.88 bits per heavy atom. The summed E-state index contributed by atoms with van der Waals surface area (Å²) in [5, 5.41) is 4.18. The summed E-state index contributed by atoms with van der Waals surface area (Å²) in [6.45, 7) is 4.60. The molecule has 3 rings (SSSR count). The van der Waals surface area contributed by atoms with Gasteiger partial charge in [0.25, 0.3) is 5.91 Å². The second-order valence-corrected chi connectivity index (χ2v) is 7.67. The predicted molar refractivity (Wildman–Crippen MR) is 86.1 cm³/mol. The summed E-state index contributed by atoms with van der Waals surface area (Å²) in [4.78, 5) is 14.1. The van der Waals surface area contributed by atoms with Crippen LogP contribution in [0, 0.1) is 13.8 Å². The maximum Gasteiger partial charge on any atom is 0.289 e. The van der Waals surface area contributed by atoms with E-state index in [2.05, 4.69) is 5.10 Å². The molecule has 0 spiro atoms. The number of sulfonamides is 1. The highest BCUT2D eigenvalue weighted by molar-refractivity contribution is 7.89. The van der Waals surface area contributed by atoms with E-state index in [9.17, 15) is 13.2 Å². The molecule has 9 heteroatoms. The van der Waals surface area contributed by atoms with Crippen LogP contribution in [0.1, 0.15) is 21.9 Å². The molecular weight excluding hydrogens is 332 g/mol. The Balaban J connectivity index is 1.75. The molecule has 8 nitrogen and oxygen atoms in total. The van der Waals surface area contributed by atoms with E-state index in [0.717, 1.165) is 0 Å². The Morgan fingerprint density at radius 1 is 1.21 bits per heavy atom. The molecular formula is C15H20N4O4S. The average Bonchev–Trinajstić information content (AvgIpc) is 3.16. The number of hydrogen-bond donors (Lipinski definition) is 0. The first kappa shape index (κ1) is 16.7. The third-order valence-corrected chi connectivity index (χ3v) is 6.45. The van der Waals surface area contributed by atoms with E-state index in [0.29, 0.717) is 24.5 Å². The van der Waals surface area contributed by atoms with E-state index >= 15 is 0 Å². The normalized spacial score (nSPS) is 16.5. The number of nitrogens with zero attached hydrogens (tertiary/aromatic N) is 4. The van der Waals surface area contributed by atoms with E-state index in [1.54, 1.807) is 42.6 Å². The summed E-state index contributed by atoms with van der Waals surface area (Å²) in [5.41, 5.74) is 1.10. The summed E-state index contributed by atoms with van der Waals surface area (Å²) in [7, 11) is -1.89. The molecule has 0 atom stereocenters. The van der Waals surface area contributed by atoms with Gasteiger partial charge in [-0.1, -0.05) is 0 Å². The van der Waals surface area contributed by atoms with Gasteiger partial charge in [-0.25, -0.2) is 8.42 Å². The monoisotopic (exact) mass is 352 g/mol. The summed E-state index contributed by atoms with van der Waals surface area (Å²) in [5.74, 6) is 0.0519. The Bertz CT molecular complexity index is 846. The van der Waals surface area contributed by atoms with Crippen LogP contribution in [0.3, 0.4) is 0 Å². The Morgan fingerprint density at radius 3 is 2.38 bits per heavy atom. The van der Waals surface area contributed by atoms with Gasteiger partial charge < -0.3 is 9.32 Å². The number of amides is 1. The van der Waals surface area contributed by atoms with Gasteiger partial charge in [0.05, 0.1) is 17.7 Å². The topological polar surface area (TPSA) is 88.7 Å². The lowest BCUT2D eigenvalue weighted by Gasteiger charge is -2.33. The number of piperazine rings is 1. The van der Waals surface area contributed by atoms with Gasteiger partial charge in [0, 0.05) is 33.2 Å². The number of hydrogen-bond acceptors (Lipinski definition) is 5. The SMILES string of the molecule is Cc1nn(C)c(C)c1S(=O)(=O)N1CCN(C(=O)c2ccco2)CC1. The van der Waals surface area contributed by atoms with Gasteiger partial charge in [-0.3, -0.25) is 9.48 Å². The zero-order valence-corrected chi connectivity index (χ0v) is 14.7. The van der Waals surface area contributed by atoms with Crippen molar-refractivity contribution in [3.05, 3.63) is 35.5 Å². The summed E-state index contributed by atoms with van der Waals surface area (Å²) >= 11 is 0. The van der Waals surface area contributed by atoms with Crippen LogP contribution in [-0.4, -0.2) is 59.5 Å². The number of carbonyl (C=O) groups excluding carboxylic acids is 1. The molecule has 2 aromatic heterocycles. The minimum absolute atomic E-state index is 0.217. The molecule has 130 valence electrons. The van der Waals surface area contributed by atoms with Crippen LogP contribution >= 0.6 is 0 Å². The van der Waals surface area contributed by atoms with Crippen molar-refractivity contribution in [1.82, 2.24) is 19.0 Å². The van der Waals surface area contributed by atoms with Crippen LogP contribution in [0.5, 0.6) is 0 Å². The molecule has 3 heterocycles. The van der Waals surface area contributed by atoms with Crippen LogP contribution in [-0.2, 0) is 17.1 Å². The first-order valence-corrected chi connectivity index (χ1v) is 9.09. The molecule has 0 unspecified atom stereocenters. The Labute approximate surface area is 140 Å². The zero-order chi connectivity index (χ0) is 17.5. The minimum atomic E-state index is -3.62. The van der Waals surface area contributed by atoms with Crippen molar-refractivity contribution in [1.29, 1.82) is 0 Å². The van der Waals surface area contributed by atoms with Gasteiger partial charge in [0.1, 0.15) is 4.90 Å². The third kappa shape index (κ3) is 2.73. The van der Waals surface area contributed by atoms with Crippen molar-refractivity contribution in [2.24, 2.45) is 7.05 Å². The van der Waals surface area contributed by atoms with E-state index in [-0.39, 0.29) is 29.7 Å². The molecule has 1 aliphatic rings. The second-order valence-electron chi connectivity index (χ2n) is 5.80. The molecule has 0 aliphatic carbocycles. The summed E-state index contributed by atoms with van der Waals surface area (Å²) in [6.07, 6.45) is 1.45. The summed E-state index contributed by atoms with van der Waals surface area (Å²) in [6, 6.07) is 3.26. The van der Waals surface area contributed by atoms with Crippen molar-refractivity contribution in [3.63, 3.8) is 0 Å². The molecule has 1 aliphatic heterocycles. The fourth-order valence-electron chi connectivity index (χ4n) is 2.94. The van der Waals surface area contributed by atoms with E-state index in [4.69, 9.17) is 4.42 Å². The zero-order valence-electron chi connectivity index (χ0n) is 13.9. The lowest BCUT2D eigenvalue weighted by molar-refractivity contribution is 0.0666. The van der Waals surface area contributed by atoms with Gasteiger partial charge in [-0.05, 0) is 26.0 Å². The molecule has 1 saturated heterocycles. The quantitative estimate of drug-likeness (QED) is 0.814.